The van der Waals surface area contributed by atoms with Crippen molar-refractivity contribution in [2.75, 3.05) is 0 Å². The monoisotopic (exact) mass is 234 g/mol. The molecule has 0 heterocycles. The van der Waals surface area contributed by atoms with E-state index in [0.29, 0.717) is 0 Å². The van der Waals surface area contributed by atoms with E-state index in [1.807, 2.05) is 0 Å². The highest BCUT2D eigenvalue weighted by Crippen LogP contribution is 2.28. The van der Waals surface area contributed by atoms with Crippen LogP contribution in [0.1, 0.15) is 23.8 Å². The molecule has 2 nitrogen and oxygen atoms in total. The maximum absolute atomic E-state index is 13.1. The zero-order chi connectivity index (χ0) is 11.4. The van der Waals surface area contributed by atoms with Gasteiger partial charge in [0.05, 0.1) is 5.38 Å². The van der Waals surface area contributed by atoms with Crippen molar-refractivity contribution < 1.29 is 18.7 Å². The van der Waals surface area contributed by atoms with Crippen molar-refractivity contribution in [1.82, 2.24) is 0 Å². The van der Waals surface area contributed by atoms with Gasteiger partial charge >= 0.3 is 5.97 Å². The van der Waals surface area contributed by atoms with Crippen LogP contribution in [0.15, 0.2) is 18.2 Å². The zero-order valence-corrected chi connectivity index (χ0v) is 8.47. The van der Waals surface area contributed by atoms with Crippen LogP contribution >= 0.6 is 11.6 Å². The standard InChI is InChI=1S/C10H9ClF2O2/c11-8(2-4-10(14)15)7-5-6(12)1-3-9(7)13/h1,3,5,8H,2,4H2,(H,14,15). The molecule has 0 amide bonds. The van der Waals surface area contributed by atoms with Crippen molar-refractivity contribution in [2.24, 2.45) is 0 Å². The molecule has 0 saturated heterocycles. The minimum absolute atomic E-state index is 0.00193. The van der Waals surface area contributed by atoms with Crippen LogP contribution in [0, 0.1) is 11.6 Å². The number of halogens is 3. The number of hydrogen-bond acceptors (Lipinski definition) is 1. The summed E-state index contributed by atoms with van der Waals surface area (Å²) >= 11 is 5.76. The molecular formula is C10H9ClF2O2. The predicted molar refractivity (Wildman–Crippen MR) is 51.8 cm³/mol. The van der Waals surface area contributed by atoms with Gasteiger partial charge in [-0.25, -0.2) is 8.78 Å². The first-order valence-corrected chi connectivity index (χ1v) is 4.75. The molecule has 1 unspecified atom stereocenters. The van der Waals surface area contributed by atoms with Gasteiger partial charge in [0.25, 0.3) is 0 Å². The summed E-state index contributed by atoms with van der Waals surface area (Å²) in [5.41, 5.74) is -0.00193. The Bertz CT molecular complexity index is 368. The second-order valence-corrected chi connectivity index (χ2v) is 3.59. The number of benzene rings is 1. The Balaban J connectivity index is 2.76. The van der Waals surface area contributed by atoms with Gasteiger partial charge in [0.15, 0.2) is 0 Å². The predicted octanol–water partition coefficient (Wildman–Crippen LogP) is 3.11. The Morgan fingerprint density at radius 3 is 2.73 bits per heavy atom. The highest BCUT2D eigenvalue weighted by Gasteiger charge is 2.15. The molecule has 82 valence electrons. The van der Waals surface area contributed by atoms with E-state index in [0.717, 1.165) is 18.2 Å². The molecule has 1 rings (SSSR count). The molecule has 0 saturated carbocycles. The van der Waals surface area contributed by atoms with Crippen LogP contribution in [0.4, 0.5) is 8.78 Å². The van der Waals surface area contributed by atoms with E-state index in [-0.39, 0.29) is 18.4 Å². The fourth-order valence-electron chi connectivity index (χ4n) is 1.16. The van der Waals surface area contributed by atoms with Crippen molar-refractivity contribution in [3.05, 3.63) is 35.4 Å². The SMILES string of the molecule is O=C(O)CCC(Cl)c1cc(F)ccc1F. The first-order chi connectivity index (χ1) is 7.00. The molecule has 0 spiro atoms. The quantitative estimate of drug-likeness (QED) is 0.813. The van der Waals surface area contributed by atoms with Crippen molar-refractivity contribution in [3.8, 4) is 0 Å². The molecule has 15 heavy (non-hydrogen) atoms. The Labute approximate surface area is 90.5 Å². The third kappa shape index (κ3) is 3.47. The highest BCUT2D eigenvalue weighted by atomic mass is 35.5. The van der Waals surface area contributed by atoms with Gasteiger partial charge in [0.2, 0.25) is 0 Å². The summed E-state index contributed by atoms with van der Waals surface area (Å²) in [4.78, 5) is 10.3. The zero-order valence-electron chi connectivity index (χ0n) is 7.71. The lowest BCUT2D eigenvalue weighted by Gasteiger charge is -2.09. The molecule has 5 heteroatoms. The van der Waals surface area contributed by atoms with E-state index in [1.54, 1.807) is 0 Å². The number of hydrogen-bond donors (Lipinski definition) is 1. The molecule has 0 aliphatic heterocycles. The van der Waals surface area contributed by atoms with Crippen molar-refractivity contribution in [2.45, 2.75) is 18.2 Å². The molecule has 0 radical (unpaired) electrons. The van der Waals surface area contributed by atoms with Gasteiger partial charge in [0, 0.05) is 12.0 Å². The van der Waals surface area contributed by atoms with Crippen molar-refractivity contribution in [3.63, 3.8) is 0 Å². The molecular weight excluding hydrogens is 226 g/mol. The number of rotatable bonds is 4. The number of carbonyl (C=O) groups is 1. The van der Waals surface area contributed by atoms with E-state index in [4.69, 9.17) is 16.7 Å². The summed E-state index contributed by atoms with van der Waals surface area (Å²) in [5.74, 6) is -2.23. The van der Waals surface area contributed by atoms with Crippen LogP contribution in [-0.4, -0.2) is 11.1 Å². The summed E-state index contributed by atoms with van der Waals surface area (Å²) in [6.45, 7) is 0. The number of alkyl halides is 1. The fraction of sp³-hybridized carbons (Fsp3) is 0.300. The van der Waals surface area contributed by atoms with Gasteiger partial charge in [-0.3, -0.25) is 4.79 Å². The lowest BCUT2D eigenvalue weighted by Crippen LogP contribution is -2.01. The number of aliphatic carboxylic acids is 1. The minimum Gasteiger partial charge on any atom is -0.481 e. The van der Waals surface area contributed by atoms with Gasteiger partial charge < -0.3 is 5.11 Å². The largest absolute Gasteiger partial charge is 0.481 e. The Hall–Kier alpha value is -1.16. The van der Waals surface area contributed by atoms with Crippen LogP contribution in [0.3, 0.4) is 0 Å². The maximum atomic E-state index is 13.1. The number of carboxylic acids is 1. The molecule has 1 aromatic carbocycles. The Morgan fingerprint density at radius 2 is 2.13 bits per heavy atom. The van der Waals surface area contributed by atoms with Gasteiger partial charge in [-0.2, -0.15) is 0 Å². The topological polar surface area (TPSA) is 37.3 Å². The van der Waals surface area contributed by atoms with Crippen molar-refractivity contribution >= 4 is 17.6 Å². The molecule has 1 atom stereocenters. The number of carboxylic acid groups (broad SMARTS) is 1. The second kappa shape index (κ2) is 5.07. The molecule has 1 N–H and O–H groups in total. The van der Waals surface area contributed by atoms with Gasteiger partial charge in [-0.1, -0.05) is 0 Å². The molecule has 1 aromatic rings. The summed E-state index contributed by atoms with van der Waals surface area (Å²) in [5, 5.41) is 7.58. The van der Waals surface area contributed by atoms with E-state index in [1.165, 1.54) is 0 Å². The average molecular weight is 235 g/mol. The van der Waals surface area contributed by atoms with Gasteiger partial charge in [-0.15, -0.1) is 11.6 Å². The fourth-order valence-corrected chi connectivity index (χ4v) is 1.44. The van der Waals surface area contributed by atoms with E-state index in [2.05, 4.69) is 0 Å². The first kappa shape index (κ1) is 11.9. The molecule has 0 fully saturated rings. The summed E-state index contributed by atoms with van der Waals surface area (Å²) in [6, 6.07) is 2.94. The molecule has 0 bridgehead atoms. The van der Waals surface area contributed by atoms with Gasteiger partial charge in [-0.05, 0) is 24.6 Å². The highest BCUT2D eigenvalue weighted by molar-refractivity contribution is 6.20. The summed E-state index contributed by atoms with van der Waals surface area (Å²) in [6.07, 6.45) is -0.110. The third-order valence-electron chi connectivity index (χ3n) is 1.91. The maximum Gasteiger partial charge on any atom is 0.303 e. The lowest BCUT2D eigenvalue weighted by molar-refractivity contribution is -0.137. The van der Waals surface area contributed by atoms with Crippen LogP contribution in [0.25, 0.3) is 0 Å². The Morgan fingerprint density at radius 1 is 1.47 bits per heavy atom. The minimum atomic E-state index is -1.02. The first-order valence-electron chi connectivity index (χ1n) is 4.31. The van der Waals surface area contributed by atoms with E-state index in [9.17, 15) is 13.6 Å². The Kier molecular flexibility index (Phi) is 4.03. The summed E-state index contributed by atoms with van der Waals surface area (Å²) in [7, 11) is 0. The van der Waals surface area contributed by atoms with Crippen molar-refractivity contribution in [1.29, 1.82) is 0 Å². The summed E-state index contributed by atoms with van der Waals surface area (Å²) < 4.78 is 25.9. The van der Waals surface area contributed by atoms with Crippen LogP contribution in [0.5, 0.6) is 0 Å². The van der Waals surface area contributed by atoms with Gasteiger partial charge in [0.1, 0.15) is 11.6 Å². The van der Waals surface area contributed by atoms with E-state index >= 15 is 0 Å². The van der Waals surface area contributed by atoms with Crippen LogP contribution in [0.2, 0.25) is 0 Å². The smallest absolute Gasteiger partial charge is 0.303 e. The van der Waals surface area contributed by atoms with Crippen LogP contribution < -0.4 is 0 Å². The van der Waals surface area contributed by atoms with E-state index < -0.39 is 23.0 Å². The average Bonchev–Trinajstić information content (AvgIpc) is 2.18. The molecule has 0 aliphatic carbocycles. The normalized spacial score (nSPS) is 12.5. The lowest BCUT2D eigenvalue weighted by atomic mass is 10.1. The second-order valence-electron chi connectivity index (χ2n) is 3.07. The third-order valence-corrected chi connectivity index (χ3v) is 2.36. The van der Waals surface area contributed by atoms with Crippen LogP contribution in [-0.2, 0) is 4.79 Å². The molecule has 0 aromatic heterocycles. The molecule has 0 aliphatic rings.